The molecule has 1 aliphatic rings. The maximum absolute atomic E-state index is 10.5. The number of nitrogens with zero attached hydrogens (tertiary/aromatic N) is 2. The number of aryl methyl sites for hydroxylation is 3. The first-order valence-electron chi connectivity index (χ1n) is 10.2. The highest BCUT2D eigenvalue weighted by molar-refractivity contribution is 5.38. The van der Waals surface area contributed by atoms with Gasteiger partial charge in [-0.3, -0.25) is 10.00 Å². The fourth-order valence-corrected chi connectivity index (χ4v) is 3.95. The Morgan fingerprint density at radius 2 is 1.76 bits per heavy atom. The van der Waals surface area contributed by atoms with Gasteiger partial charge in [0.05, 0.1) is 11.8 Å². The zero-order valence-electron chi connectivity index (χ0n) is 17.4. The number of likely N-dealkylation sites (tertiary alicyclic amines) is 1. The van der Waals surface area contributed by atoms with E-state index in [2.05, 4.69) is 59.3 Å². The van der Waals surface area contributed by atoms with Gasteiger partial charge in [-0.05, 0) is 74.2 Å². The SMILES string of the molecule is Cc1cc(C[C@@H]2CN(Cc3ccc(Oc4ccc(C)c(C)c4)cc3)C[C@@H]2O)n[nH]1. The minimum absolute atomic E-state index is 0.227. The first kappa shape index (κ1) is 19.7. The molecule has 3 aromatic rings. The Morgan fingerprint density at radius 1 is 1.00 bits per heavy atom. The van der Waals surface area contributed by atoms with Crippen molar-refractivity contribution in [2.24, 2.45) is 5.92 Å². The number of hydrogen-bond acceptors (Lipinski definition) is 4. The summed E-state index contributed by atoms with van der Waals surface area (Å²) in [5.41, 5.74) is 5.81. The van der Waals surface area contributed by atoms with Gasteiger partial charge in [0, 0.05) is 31.2 Å². The number of aliphatic hydroxyl groups excluding tert-OH is 1. The predicted molar refractivity (Wildman–Crippen MR) is 114 cm³/mol. The van der Waals surface area contributed by atoms with E-state index in [0.29, 0.717) is 6.54 Å². The van der Waals surface area contributed by atoms with Gasteiger partial charge in [0.2, 0.25) is 0 Å². The summed E-state index contributed by atoms with van der Waals surface area (Å²) in [6.45, 7) is 8.61. The Labute approximate surface area is 172 Å². The number of aliphatic hydroxyl groups is 1. The Kier molecular flexibility index (Phi) is 5.69. The molecule has 0 aliphatic carbocycles. The summed E-state index contributed by atoms with van der Waals surface area (Å²) in [5.74, 6) is 1.93. The van der Waals surface area contributed by atoms with Crippen LogP contribution in [0.2, 0.25) is 0 Å². The van der Waals surface area contributed by atoms with Gasteiger partial charge < -0.3 is 9.84 Å². The van der Waals surface area contributed by atoms with Gasteiger partial charge in [-0.15, -0.1) is 0 Å². The van der Waals surface area contributed by atoms with Crippen molar-refractivity contribution in [3.05, 3.63) is 76.6 Å². The number of hydrogen-bond donors (Lipinski definition) is 2. The smallest absolute Gasteiger partial charge is 0.127 e. The highest BCUT2D eigenvalue weighted by Crippen LogP contribution is 2.26. The number of H-pyrrole nitrogens is 1. The van der Waals surface area contributed by atoms with E-state index in [9.17, 15) is 5.11 Å². The molecule has 2 heterocycles. The van der Waals surface area contributed by atoms with Crippen molar-refractivity contribution in [1.29, 1.82) is 0 Å². The minimum Gasteiger partial charge on any atom is -0.457 e. The lowest BCUT2D eigenvalue weighted by Gasteiger charge is -2.16. The molecule has 0 bridgehead atoms. The lowest BCUT2D eigenvalue weighted by atomic mass is 10.0. The summed E-state index contributed by atoms with van der Waals surface area (Å²) >= 11 is 0. The van der Waals surface area contributed by atoms with Crippen LogP contribution in [0.3, 0.4) is 0 Å². The number of aromatic nitrogens is 2. The van der Waals surface area contributed by atoms with Crippen LogP contribution in [0, 0.1) is 26.7 Å². The van der Waals surface area contributed by atoms with E-state index in [4.69, 9.17) is 4.74 Å². The average Bonchev–Trinajstić information content (AvgIpc) is 3.25. The molecular weight excluding hydrogens is 362 g/mol. The summed E-state index contributed by atoms with van der Waals surface area (Å²) in [7, 11) is 0. The molecule has 4 rings (SSSR count). The van der Waals surface area contributed by atoms with Gasteiger partial charge in [-0.1, -0.05) is 18.2 Å². The van der Waals surface area contributed by atoms with Gasteiger partial charge in [0.15, 0.2) is 0 Å². The lowest BCUT2D eigenvalue weighted by molar-refractivity contribution is 0.140. The van der Waals surface area contributed by atoms with E-state index in [1.807, 2.05) is 25.1 Å². The fraction of sp³-hybridized carbons (Fsp3) is 0.375. The second-order valence-electron chi connectivity index (χ2n) is 8.26. The van der Waals surface area contributed by atoms with Gasteiger partial charge >= 0.3 is 0 Å². The number of benzene rings is 2. The molecule has 1 saturated heterocycles. The summed E-state index contributed by atoms with van der Waals surface area (Å²) in [6, 6.07) is 16.4. The number of ether oxygens (including phenoxy) is 1. The van der Waals surface area contributed by atoms with Gasteiger partial charge in [0.25, 0.3) is 0 Å². The first-order chi connectivity index (χ1) is 14.0. The quantitative estimate of drug-likeness (QED) is 0.662. The second kappa shape index (κ2) is 8.39. The van der Waals surface area contributed by atoms with Crippen LogP contribution in [-0.2, 0) is 13.0 Å². The monoisotopic (exact) mass is 391 g/mol. The van der Waals surface area contributed by atoms with E-state index in [1.165, 1.54) is 16.7 Å². The number of β-amino-alcohol motifs (C(OH)–C–C–N with tert-alkyl or cyclic N) is 1. The summed E-state index contributed by atoms with van der Waals surface area (Å²) in [4.78, 5) is 2.31. The van der Waals surface area contributed by atoms with E-state index < -0.39 is 0 Å². The predicted octanol–water partition coefficient (Wildman–Crippen LogP) is 4.16. The molecule has 0 amide bonds. The summed E-state index contributed by atoms with van der Waals surface area (Å²) < 4.78 is 5.98. The van der Waals surface area contributed by atoms with Crippen molar-refractivity contribution in [1.82, 2.24) is 15.1 Å². The minimum atomic E-state index is -0.306. The van der Waals surface area contributed by atoms with Crippen LogP contribution in [0.4, 0.5) is 0 Å². The standard InChI is InChI=1S/C24H29N3O2/c1-16-4-7-23(10-17(16)2)29-22-8-5-19(6-9-22)13-27-14-20(24(28)15-27)12-21-11-18(3)25-26-21/h4-11,20,24,28H,12-15H2,1-3H3,(H,25,26)/t20-,24+/m1/s1. The summed E-state index contributed by atoms with van der Waals surface area (Å²) in [6.07, 6.45) is 0.504. The van der Waals surface area contributed by atoms with Crippen LogP contribution in [-0.4, -0.2) is 39.4 Å². The van der Waals surface area contributed by atoms with Crippen molar-refractivity contribution < 1.29 is 9.84 Å². The Hall–Kier alpha value is -2.63. The zero-order chi connectivity index (χ0) is 20.4. The highest BCUT2D eigenvalue weighted by atomic mass is 16.5. The van der Waals surface area contributed by atoms with E-state index in [1.54, 1.807) is 0 Å². The maximum atomic E-state index is 10.5. The average molecular weight is 392 g/mol. The van der Waals surface area contributed by atoms with Crippen LogP contribution < -0.4 is 4.74 Å². The second-order valence-corrected chi connectivity index (χ2v) is 8.26. The molecular formula is C24H29N3O2. The summed E-state index contributed by atoms with van der Waals surface area (Å²) in [5, 5.41) is 17.7. The van der Waals surface area contributed by atoms with Crippen LogP contribution in [0.5, 0.6) is 11.5 Å². The van der Waals surface area contributed by atoms with Crippen molar-refractivity contribution >= 4 is 0 Å². The third kappa shape index (κ3) is 4.86. The Morgan fingerprint density at radius 3 is 2.45 bits per heavy atom. The number of aromatic amines is 1. The first-order valence-corrected chi connectivity index (χ1v) is 10.2. The topological polar surface area (TPSA) is 61.4 Å². The molecule has 1 aromatic heterocycles. The van der Waals surface area contributed by atoms with Gasteiger partial charge in [-0.2, -0.15) is 5.10 Å². The molecule has 2 atom stereocenters. The Balaban J connectivity index is 1.33. The number of rotatable bonds is 6. The van der Waals surface area contributed by atoms with E-state index in [-0.39, 0.29) is 12.0 Å². The van der Waals surface area contributed by atoms with Crippen LogP contribution in [0.1, 0.15) is 28.1 Å². The molecule has 0 radical (unpaired) electrons. The molecule has 152 valence electrons. The van der Waals surface area contributed by atoms with Crippen molar-refractivity contribution in [3.8, 4) is 11.5 Å². The van der Waals surface area contributed by atoms with Crippen LogP contribution in [0.15, 0.2) is 48.5 Å². The van der Waals surface area contributed by atoms with Gasteiger partial charge in [0.1, 0.15) is 11.5 Å². The lowest BCUT2D eigenvalue weighted by Crippen LogP contribution is -2.21. The molecule has 2 N–H and O–H groups in total. The molecule has 29 heavy (non-hydrogen) atoms. The van der Waals surface area contributed by atoms with E-state index >= 15 is 0 Å². The maximum Gasteiger partial charge on any atom is 0.127 e. The van der Waals surface area contributed by atoms with Gasteiger partial charge in [-0.25, -0.2) is 0 Å². The fourth-order valence-electron chi connectivity index (χ4n) is 3.95. The molecule has 5 nitrogen and oxygen atoms in total. The molecule has 0 spiro atoms. The normalized spacial score (nSPS) is 19.6. The Bertz CT molecular complexity index is 965. The van der Waals surface area contributed by atoms with Crippen molar-refractivity contribution in [2.45, 2.75) is 39.8 Å². The third-order valence-electron chi connectivity index (χ3n) is 5.76. The zero-order valence-corrected chi connectivity index (χ0v) is 17.4. The number of nitrogens with one attached hydrogen (secondary N) is 1. The molecule has 1 aliphatic heterocycles. The third-order valence-corrected chi connectivity index (χ3v) is 5.76. The van der Waals surface area contributed by atoms with Crippen LogP contribution in [0.25, 0.3) is 0 Å². The van der Waals surface area contributed by atoms with Crippen molar-refractivity contribution in [3.63, 3.8) is 0 Å². The largest absolute Gasteiger partial charge is 0.457 e. The molecule has 1 fully saturated rings. The molecule has 5 heteroatoms. The molecule has 0 saturated carbocycles. The molecule has 2 aromatic carbocycles. The molecule has 0 unspecified atom stereocenters. The highest BCUT2D eigenvalue weighted by Gasteiger charge is 2.31. The van der Waals surface area contributed by atoms with Crippen LogP contribution >= 0.6 is 0 Å². The van der Waals surface area contributed by atoms with E-state index in [0.717, 1.165) is 42.4 Å². The van der Waals surface area contributed by atoms with Crippen molar-refractivity contribution in [2.75, 3.05) is 13.1 Å².